The first-order valence-corrected chi connectivity index (χ1v) is 18.9. The van der Waals surface area contributed by atoms with Crippen molar-refractivity contribution in [1.29, 1.82) is 0 Å². The SMILES string of the molecule is CC(C)(C=Nc1ccccc1)C[CH]=[Ru]([Cl])[Cl].Cc1cc(C)c(N2CCN(c3c(C)cc(C)cc3C)C2)c(C)c1. The van der Waals surface area contributed by atoms with E-state index >= 15 is 0 Å². The molecule has 0 aliphatic carbocycles. The Morgan fingerprint density at radius 1 is 0.769 bits per heavy atom. The van der Waals surface area contributed by atoms with Gasteiger partial charge in [-0.3, -0.25) is 0 Å². The second-order valence-corrected chi connectivity index (χ2v) is 17.2. The zero-order valence-electron chi connectivity index (χ0n) is 24.6. The monoisotopic (exact) mass is 653 g/mol. The van der Waals surface area contributed by atoms with Crippen LogP contribution in [0.1, 0.15) is 53.6 Å². The first-order chi connectivity index (χ1) is 18.4. The Morgan fingerprint density at radius 3 is 1.62 bits per heavy atom. The molecule has 6 heteroatoms. The van der Waals surface area contributed by atoms with Gasteiger partial charge < -0.3 is 9.80 Å². The summed E-state index contributed by atoms with van der Waals surface area (Å²) in [5, 5.41) is 0. The summed E-state index contributed by atoms with van der Waals surface area (Å²) in [6, 6.07) is 19.1. The van der Waals surface area contributed by atoms with Gasteiger partial charge >= 0.3 is 110 Å². The van der Waals surface area contributed by atoms with Crippen molar-refractivity contribution in [2.45, 2.75) is 61.8 Å². The fraction of sp³-hybridized carbons (Fsp3) is 0.394. The van der Waals surface area contributed by atoms with E-state index in [-0.39, 0.29) is 5.41 Å². The summed E-state index contributed by atoms with van der Waals surface area (Å²) >= 11 is -1.65. The van der Waals surface area contributed by atoms with Gasteiger partial charge in [-0.1, -0.05) is 35.4 Å². The summed E-state index contributed by atoms with van der Waals surface area (Å²) in [6.45, 7) is 20.7. The van der Waals surface area contributed by atoms with Gasteiger partial charge in [-0.2, -0.15) is 0 Å². The molecule has 1 fully saturated rings. The van der Waals surface area contributed by atoms with E-state index in [1.807, 2.05) is 41.2 Å². The number of halogens is 2. The Bertz CT molecular complexity index is 1220. The Kier molecular flexibility index (Phi) is 11.4. The van der Waals surface area contributed by atoms with Crippen molar-refractivity contribution in [1.82, 2.24) is 0 Å². The van der Waals surface area contributed by atoms with E-state index in [1.165, 1.54) is 44.8 Å². The predicted molar refractivity (Wildman–Crippen MR) is 172 cm³/mol. The Morgan fingerprint density at radius 2 is 1.21 bits per heavy atom. The molecule has 0 radical (unpaired) electrons. The van der Waals surface area contributed by atoms with Gasteiger partial charge in [-0.15, -0.1) is 0 Å². The van der Waals surface area contributed by atoms with Gasteiger partial charge in [-0.25, -0.2) is 0 Å². The molecule has 3 nitrogen and oxygen atoms in total. The van der Waals surface area contributed by atoms with Gasteiger partial charge in [0.15, 0.2) is 0 Å². The van der Waals surface area contributed by atoms with Crippen LogP contribution in [0.2, 0.25) is 0 Å². The summed E-state index contributed by atoms with van der Waals surface area (Å²) < 4.78 is 2.02. The van der Waals surface area contributed by atoms with Crippen LogP contribution in [0, 0.1) is 47.0 Å². The number of nitrogens with zero attached hydrogens (tertiary/aromatic N) is 3. The van der Waals surface area contributed by atoms with Gasteiger partial charge in [0.2, 0.25) is 0 Å². The second-order valence-electron chi connectivity index (χ2n) is 11.3. The van der Waals surface area contributed by atoms with E-state index in [0.717, 1.165) is 31.9 Å². The fourth-order valence-corrected chi connectivity index (χ4v) is 7.18. The molecule has 0 atom stereocenters. The Balaban J connectivity index is 0.000000231. The molecular formula is C33H43Cl2N3Ru. The fourth-order valence-electron chi connectivity index (χ4n) is 5.35. The van der Waals surface area contributed by atoms with E-state index in [4.69, 9.17) is 19.4 Å². The molecule has 0 spiro atoms. The van der Waals surface area contributed by atoms with Gasteiger partial charge in [0.1, 0.15) is 0 Å². The van der Waals surface area contributed by atoms with Crippen molar-refractivity contribution in [3.05, 3.63) is 88.0 Å². The first kappa shape index (κ1) is 31.5. The van der Waals surface area contributed by atoms with Crippen molar-refractivity contribution < 1.29 is 13.5 Å². The van der Waals surface area contributed by atoms with Crippen molar-refractivity contribution in [3.8, 4) is 0 Å². The molecule has 0 unspecified atom stereocenters. The van der Waals surface area contributed by atoms with E-state index in [9.17, 15) is 0 Å². The van der Waals surface area contributed by atoms with Crippen molar-refractivity contribution >= 4 is 47.3 Å². The smallest absolute Gasteiger partial charge is 0.0904 e. The topological polar surface area (TPSA) is 18.8 Å². The van der Waals surface area contributed by atoms with Gasteiger partial charge in [0.25, 0.3) is 0 Å². The minimum Gasteiger partial charge on any atom is -0.352 e. The molecule has 1 aliphatic rings. The zero-order valence-corrected chi connectivity index (χ0v) is 27.9. The van der Waals surface area contributed by atoms with Crippen LogP contribution in [0.4, 0.5) is 17.1 Å². The number of para-hydroxylation sites is 1. The molecule has 0 saturated carbocycles. The molecule has 0 N–H and O–H groups in total. The van der Waals surface area contributed by atoms with Gasteiger partial charge in [0.05, 0.1) is 6.67 Å². The molecule has 39 heavy (non-hydrogen) atoms. The van der Waals surface area contributed by atoms with E-state index in [0.29, 0.717) is 0 Å². The molecule has 4 rings (SSSR count). The maximum absolute atomic E-state index is 5.81. The summed E-state index contributed by atoms with van der Waals surface area (Å²) in [7, 11) is 11.6. The van der Waals surface area contributed by atoms with E-state index in [1.54, 1.807) is 0 Å². The maximum atomic E-state index is 5.81. The van der Waals surface area contributed by atoms with Crippen LogP contribution in [0.3, 0.4) is 0 Å². The zero-order chi connectivity index (χ0) is 28.7. The molecule has 212 valence electrons. The first-order valence-electron chi connectivity index (χ1n) is 13.4. The van der Waals surface area contributed by atoms with Gasteiger partial charge in [0, 0.05) is 24.5 Å². The summed E-state index contributed by atoms with van der Waals surface area (Å²) in [4.78, 5) is 9.50. The average Bonchev–Trinajstić information content (AvgIpc) is 3.30. The molecule has 0 bridgehead atoms. The third-order valence-corrected chi connectivity index (χ3v) is 9.09. The Hall–Kier alpha value is -2.00. The van der Waals surface area contributed by atoms with Crippen LogP contribution in [0.15, 0.2) is 59.6 Å². The standard InChI is InChI=1S/C21H28N2.C12H15N.2ClH.Ru/c1-14-9-16(3)20(17(4)10-14)22-7-8-23(13-22)21-18(5)11-15(2)12-19(21)6;1-4-12(2,3)10-13-11-8-6-5-7-9-11;;;/h9-12H,7-8,13H2,1-6H3;1,5-10H,4H2,2-3H3;2*1H;/q;;;;+2/p-2. The van der Waals surface area contributed by atoms with E-state index in [2.05, 4.69) is 94.4 Å². The molecule has 1 aliphatic heterocycles. The van der Waals surface area contributed by atoms with Crippen LogP contribution < -0.4 is 9.80 Å². The molecular weight excluding hydrogens is 610 g/mol. The van der Waals surface area contributed by atoms with Crippen LogP contribution in [-0.4, -0.2) is 30.6 Å². The summed E-state index contributed by atoms with van der Waals surface area (Å²) in [5.74, 6) is 0. The number of aliphatic imine (C=N–C) groups is 1. The summed E-state index contributed by atoms with van der Waals surface area (Å²) in [6.07, 6.45) is 2.83. The molecule has 1 saturated heterocycles. The van der Waals surface area contributed by atoms with Crippen molar-refractivity contribution in [2.75, 3.05) is 29.6 Å². The minimum atomic E-state index is -1.65. The largest absolute Gasteiger partial charge is 0.352 e. The van der Waals surface area contributed by atoms with Crippen molar-refractivity contribution in [2.24, 2.45) is 10.4 Å². The predicted octanol–water partition coefficient (Wildman–Crippen LogP) is 9.35. The quantitative estimate of drug-likeness (QED) is 0.195. The number of benzene rings is 3. The third-order valence-electron chi connectivity index (χ3n) is 6.91. The van der Waals surface area contributed by atoms with E-state index < -0.39 is 13.5 Å². The molecule has 3 aromatic carbocycles. The number of hydrogen-bond acceptors (Lipinski definition) is 3. The van der Waals surface area contributed by atoms with Crippen LogP contribution in [-0.2, 0) is 13.5 Å². The van der Waals surface area contributed by atoms with Crippen LogP contribution in [0.25, 0.3) is 0 Å². The minimum absolute atomic E-state index is 0.00594. The Labute approximate surface area is 249 Å². The van der Waals surface area contributed by atoms with Gasteiger partial charge in [-0.05, 0) is 63.8 Å². The molecule has 1 heterocycles. The second kappa shape index (κ2) is 14.1. The van der Waals surface area contributed by atoms with Crippen LogP contribution >= 0.6 is 19.4 Å². The average molecular weight is 654 g/mol. The number of aryl methyl sites for hydroxylation is 6. The molecule has 0 aromatic heterocycles. The maximum Gasteiger partial charge on any atom is 0.0904 e. The molecule has 0 amide bonds. The number of rotatable bonds is 6. The normalized spacial score (nSPS) is 13.9. The third kappa shape index (κ3) is 9.27. The summed E-state index contributed by atoms with van der Waals surface area (Å²) in [5.41, 5.74) is 12.1. The van der Waals surface area contributed by atoms with Crippen molar-refractivity contribution in [3.63, 3.8) is 0 Å². The number of anilines is 2. The van der Waals surface area contributed by atoms with Crippen LogP contribution in [0.5, 0.6) is 0 Å². The number of hydrogen-bond donors (Lipinski definition) is 0. The molecule has 3 aromatic rings.